The lowest BCUT2D eigenvalue weighted by Crippen LogP contribution is -2.12. The van der Waals surface area contributed by atoms with Crippen molar-refractivity contribution in [3.8, 4) is 11.8 Å². The lowest BCUT2D eigenvalue weighted by atomic mass is 10.2. The molecule has 0 fully saturated rings. The quantitative estimate of drug-likeness (QED) is 0.836. The van der Waals surface area contributed by atoms with Gasteiger partial charge in [0.2, 0.25) is 0 Å². The zero-order valence-electron chi connectivity index (χ0n) is 10.2. The highest BCUT2D eigenvalue weighted by Crippen LogP contribution is 2.20. The van der Waals surface area contributed by atoms with Crippen LogP contribution in [0.1, 0.15) is 15.2 Å². The van der Waals surface area contributed by atoms with Crippen LogP contribution in [0.25, 0.3) is 0 Å². The van der Waals surface area contributed by atoms with E-state index in [4.69, 9.17) is 5.73 Å². The number of halogens is 2. The van der Waals surface area contributed by atoms with Gasteiger partial charge >= 0.3 is 0 Å². The predicted octanol–water partition coefficient (Wildman–Crippen LogP) is 2.59. The Morgan fingerprint density at radius 1 is 1.35 bits per heavy atom. The van der Waals surface area contributed by atoms with Crippen molar-refractivity contribution in [3.05, 3.63) is 51.7 Å². The molecule has 0 aliphatic rings. The van der Waals surface area contributed by atoms with Crippen molar-refractivity contribution in [2.45, 2.75) is 0 Å². The largest absolute Gasteiger partial charge is 0.320 e. The fourth-order valence-corrected chi connectivity index (χ4v) is 2.24. The minimum Gasteiger partial charge on any atom is -0.320 e. The molecular formula is C14H10F2N2OS. The van der Waals surface area contributed by atoms with Crippen LogP contribution in [0.3, 0.4) is 0 Å². The van der Waals surface area contributed by atoms with Crippen molar-refractivity contribution in [1.82, 2.24) is 0 Å². The van der Waals surface area contributed by atoms with E-state index in [0.29, 0.717) is 16.5 Å². The Labute approximate surface area is 118 Å². The molecule has 0 atom stereocenters. The Morgan fingerprint density at radius 2 is 2.15 bits per heavy atom. The van der Waals surface area contributed by atoms with Gasteiger partial charge in [0.15, 0.2) is 0 Å². The van der Waals surface area contributed by atoms with Gasteiger partial charge in [0.1, 0.15) is 16.5 Å². The van der Waals surface area contributed by atoms with Gasteiger partial charge in [-0.25, -0.2) is 8.78 Å². The molecule has 0 saturated heterocycles. The van der Waals surface area contributed by atoms with Crippen molar-refractivity contribution >= 4 is 22.9 Å². The summed E-state index contributed by atoms with van der Waals surface area (Å²) in [6.45, 7) is 0.184. The van der Waals surface area contributed by atoms with Gasteiger partial charge in [-0.3, -0.25) is 4.79 Å². The van der Waals surface area contributed by atoms with E-state index in [2.05, 4.69) is 17.2 Å². The van der Waals surface area contributed by atoms with E-state index in [-0.39, 0.29) is 12.2 Å². The van der Waals surface area contributed by atoms with Crippen LogP contribution < -0.4 is 11.1 Å². The number of hydrogen-bond donors (Lipinski definition) is 2. The number of rotatable bonds is 2. The van der Waals surface area contributed by atoms with Gasteiger partial charge in [-0.2, -0.15) is 0 Å². The molecule has 0 radical (unpaired) electrons. The molecule has 6 heteroatoms. The number of nitrogens with one attached hydrogen (secondary N) is 1. The second-order valence-corrected chi connectivity index (χ2v) is 4.66. The van der Waals surface area contributed by atoms with Crippen molar-refractivity contribution < 1.29 is 13.6 Å². The zero-order valence-corrected chi connectivity index (χ0v) is 11.1. The first-order valence-corrected chi connectivity index (χ1v) is 6.52. The molecular weight excluding hydrogens is 282 g/mol. The van der Waals surface area contributed by atoms with Crippen LogP contribution in [0.15, 0.2) is 29.6 Å². The zero-order chi connectivity index (χ0) is 14.5. The predicted molar refractivity (Wildman–Crippen MR) is 74.6 cm³/mol. The molecule has 0 bridgehead atoms. The Hall–Kier alpha value is -2.23. The van der Waals surface area contributed by atoms with E-state index in [9.17, 15) is 13.6 Å². The molecule has 0 aliphatic heterocycles. The first-order chi connectivity index (χ1) is 9.61. The Morgan fingerprint density at radius 3 is 2.85 bits per heavy atom. The van der Waals surface area contributed by atoms with Crippen molar-refractivity contribution in [1.29, 1.82) is 0 Å². The topological polar surface area (TPSA) is 55.1 Å². The first kappa shape index (κ1) is 14.2. The number of carbonyl (C=O) groups excluding carboxylic acids is 1. The van der Waals surface area contributed by atoms with Crippen LogP contribution in [0, 0.1) is 23.5 Å². The van der Waals surface area contributed by atoms with Gasteiger partial charge < -0.3 is 11.1 Å². The molecule has 1 aromatic heterocycles. The molecule has 102 valence electrons. The average Bonchev–Trinajstić information content (AvgIpc) is 2.88. The smallest absolute Gasteiger partial charge is 0.267 e. The minimum absolute atomic E-state index is 0.0810. The van der Waals surface area contributed by atoms with Gasteiger partial charge in [0.05, 0.1) is 12.2 Å². The molecule has 3 N–H and O–H groups in total. The number of thiophene rings is 1. The fourth-order valence-electron chi connectivity index (χ4n) is 1.50. The first-order valence-electron chi connectivity index (χ1n) is 5.64. The summed E-state index contributed by atoms with van der Waals surface area (Å²) in [4.78, 5) is 12.4. The summed E-state index contributed by atoms with van der Waals surface area (Å²) in [5.74, 6) is 3.39. The maximum Gasteiger partial charge on any atom is 0.267 e. The molecule has 2 rings (SSSR count). The Balaban J connectivity index is 2.22. The standard InChI is InChI=1S/C14H10F2N2OS/c15-10-3-4-12(11(16)8-10)18-14(19)13-9(2-1-6-17)5-7-20-13/h3-5,7-8H,6,17H2,(H,18,19). The summed E-state index contributed by atoms with van der Waals surface area (Å²) < 4.78 is 26.2. The van der Waals surface area contributed by atoms with E-state index in [1.807, 2.05) is 0 Å². The molecule has 0 spiro atoms. The van der Waals surface area contributed by atoms with Crippen LogP contribution in [0.2, 0.25) is 0 Å². The van der Waals surface area contributed by atoms with Crippen molar-refractivity contribution in [2.75, 3.05) is 11.9 Å². The monoisotopic (exact) mass is 292 g/mol. The number of hydrogen-bond acceptors (Lipinski definition) is 3. The molecule has 3 nitrogen and oxygen atoms in total. The molecule has 1 aromatic carbocycles. The summed E-state index contributed by atoms with van der Waals surface area (Å²) in [6, 6.07) is 4.63. The van der Waals surface area contributed by atoms with E-state index in [1.54, 1.807) is 11.4 Å². The van der Waals surface area contributed by atoms with Crippen LogP contribution in [-0.4, -0.2) is 12.5 Å². The SMILES string of the molecule is NCC#Cc1ccsc1C(=O)Nc1ccc(F)cc1F. The molecule has 0 aliphatic carbocycles. The van der Waals surface area contributed by atoms with Crippen LogP contribution in [-0.2, 0) is 0 Å². The Bertz CT molecular complexity index is 701. The van der Waals surface area contributed by atoms with Crippen molar-refractivity contribution in [3.63, 3.8) is 0 Å². The second kappa shape index (κ2) is 6.28. The molecule has 0 saturated carbocycles. The summed E-state index contributed by atoms with van der Waals surface area (Å²) in [7, 11) is 0. The summed E-state index contributed by atoms with van der Waals surface area (Å²) >= 11 is 1.18. The van der Waals surface area contributed by atoms with Crippen molar-refractivity contribution in [2.24, 2.45) is 5.73 Å². The maximum atomic E-state index is 13.5. The second-order valence-electron chi connectivity index (χ2n) is 3.75. The van der Waals surface area contributed by atoms with Crippen LogP contribution >= 0.6 is 11.3 Å². The highest BCUT2D eigenvalue weighted by atomic mass is 32.1. The molecule has 0 unspecified atom stereocenters. The minimum atomic E-state index is -0.829. The third-order valence-corrected chi connectivity index (χ3v) is 3.29. The number of benzene rings is 1. The van der Waals surface area contributed by atoms with Crippen LogP contribution in [0.5, 0.6) is 0 Å². The fraction of sp³-hybridized carbons (Fsp3) is 0.0714. The van der Waals surface area contributed by atoms with E-state index >= 15 is 0 Å². The Kier molecular flexibility index (Phi) is 4.45. The number of anilines is 1. The van der Waals surface area contributed by atoms with Crippen LogP contribution in [0.4, 0.5) is 14.5 Å². The van der Waals surface area contributed by atoms with Gasteiger partial charge in [0, 0.05) is 11.6 Å². The van der Waals surface area contributed by atoms with Gasteiger partial charge in [0.25, 0.3) is 5.91 Å². The molecule has 1 heterocycles. The lowest BCUT2D eigenvalue weighted by molar-refractivity contribution is 0.103. The third kappa shape index (κ3) is 3.20. The van der Waals surface area contributed by atoms with Gasteiger partial charge in [-0.15, -0.1) is 11.3 Å². The molecule has 1 amide bonds. The number of amides is 1. The normalized spacial score (nSPS) is 9.75. The molecule has 2 aromatic rings. The third-order valence-electron chi connectivity index (χ3n) is 2.38. The summed E-state index contributed by atoms with van der Waals surface area (Å²) in [5.41, 5.74) is 5.72. The maximum absolute atomic E-state index is 13.5. The molecule has 20 heavy (non-hydrogen) atoms. The van der Waals surface area contributed by atoms with E-state index in [0.717, 1.165) is 6.07 Å². The highest BCUT2D eigenvalue weighted by Gasteiger charge is 2.14. The van der Waals surface area contributed by atoms with E-state index < -0.39 is 17.5 Å². The number of carbonyl (C=O) groups is 1. The highest BCUT2D eigenvalue weighted by molar-refractivity contribution is 7.12. The van der Waals surface area contributed by atoms with Gasteiger partial charge in [-0.05, 0) is 23.6 Å². The lowest BCUT2D eigenvalue weighted by Gasteiger charge is -2.05. The number of nitrogens with two attached hydrogens (primary N) is 1. The van der Waals surface area contributed by atoms with Gasteiger partial charge in [-0.1, -0.05) is 11.8 Å². The average molecular weight is 292 g/mol. The summed E-state index contributed by atoms with van der Waals surface area (Å²) in [6.07, 6.45) is 0. The van der Waals surface area contributed by atoms with E-state index in [1.165, 1.54) is 17.4 Å². The summed E-state index contributed by atoms with van der Waals surface area (Å²) in [5, 5.41) is 4.09.